The molecule has 1 amide bonds. The van der Waals surface area contributed by atoms with Gasteiger partial charge in [0.15, 0.2) is 0 Å². The Kier molecular flexibility index (Phi) is 3.34. The third kappa shape index (κ3) is 2.79. The summed E-state index contributed by atoms with van der Waals surface area (Å²) in [7, 11) is 0. The summed E-state index contributed by atoms with van der Waals surface area (Å²) >= 11 is 0. The molecule has 1 aliphatic heterocycles. The van der Waals surface area contributed by atoms with E-state index in [9.17, 15) is 14.9 Å². The van der Waals surface area contributed by atoms with E-state index in [1.54, 1.807) is 12.1 Å². The lowest BCUT2D eigenvalue weighted by molar-refractivity contribution is -0.384. The van der Waals surface area contributed by atoms with Gasteiger partial charge in [0.1, 0.15) is 0 Å². The number of amides is 1. The van der Waals surface area contributed by atoms with Crippen molar-refractivity contribution in [1.82, 2.24) is 5.32 Å². The third-order valence-corrected chi connectivity index (χ3v) is 2.78. The zero-order valence-corrected chi connectivity index (χ0v) is 9.18. The van der Waals surface area contributed by atoms with Crippen LogP contribution in [0, 0.1) is 16.0 Å². The zero-order chi connectivity index (χ0) is 12.3. The minimum Gasteiger partial charge on any atom is -0.326 e. The number of nitro benzene ring substituents is 1. The van der Waals surface area contributed by atoms with Crippen molar-refractivity contribution in [2.24, 2.45) is 5.92 Å². The molecule has 90 valence electrons. The highest BCUT2D eigenvalue weighted by Gasteiger charge is 2.22. The molecule has 0 bridgehead atoms. The van der Waals surface area contributed by atoms with Gasteiger partial charge in [-0.05, 0) is 25.1 Å². The number of nitrogens with one attached hydrogen (secondary N) is 2. The molecular weight excluding hydrogens is 222 g/mol. The molecule has 6 nitrogen and oxygen atoms in total. The Morgan fingerprint density at radius 1 is 1.41 bits per heavy atom. The number of nitrogens with zero attached hydrogens (tertiary/aromatic N) is 1. The molecule has 17 heavy (non-hydrogen) atoms. The van der Waals surface area contributed by atoms with Crippen LogP contribution in [0.1, 0.15) is 6.42 Å². The van der Waals surface area contributed by atoms with E-state index in [4.69, 9.17) is 0 Å². The number of hydrogen-bond acceptors (Lipinski definition) is 4. The van der Waals surface area contributed by atoms with Crippen LogP contribution in [0.3, 0.4) is 0 Å². The van der Waals surface area contributed by atoms with E-state index in [0.29, 0.717) is 12.2 Å². The van der Waals surface area contributed by atoms with Crippen LogP contribution in [0.4, 0.5) is 11.4 Å². The van der Waals surface area contributed by atoms with Crippen molar-refractivity contribution < 1.29 is 9.72 Å². The Bertz CT molecular complexity index is 424. The van der Waals surface area contributed by atoms with E-state index in [-0.39, 0.29) is 17.5 Å². The Morgan fingerprint density at radius 3 is 2.65 bits per heavy atom. The second-order valence-electron chi connectivity index (χ2n) is 3.98. The number of carbonyl (C=O) groups is 1. The van der Waals surface area contributed by atoms with Gasteiger partial charge in [-0.25, -0.2) is 0 Å². The summed E-state index contributed by atoms with van der Waals surface area (Å²) in [6, 6.07) is 5.84. The van der Waals surface area contributed by atoms with Gasteiger partial charge in [0.2, 0.25) is 5.91 Å². The molecule has 1 atom stereocenters. The molecule has 1 aliphatic rings. The first kappa shape index (κ1) is 11.5. The van der Waals surface area contributed by atoms with Crippen molar-refractivity contribution in [2.45, 2.75) is 6.42 Å². The Labute approximate surface area is 98.2 Å². The molecule has 2 N–H and O–H groups in total. The molecule has 1 saturated heterocycles. The quantitative estimate of drug-likeness (QED) is 0.607. The third-order valence-electron chi connectivity index (χ3n) is 2.78. The van der Waals surface area contributed by atoms with E-state index < -0.39 is 4.92 Å². The van der Waals surface area contributed by atoms with Gasteiger partial charge in [-0.1, -0.05) is 0 Å². The highest BCUT2D eigenvalue weighted by Crippen LogP contribution is 2.17. The second-order valence-corrected chi connectivity index (χ2v) is 3.98. The molecule has 0 unspecified atom stereocenters. The van der Waals surface area contributed by atoms with Gasteiger partial charge >= 0.3 is 0 Å². The fourth-order valence-electron chi connectivity index (χ4n) is 1.79. The summed E-state index contributed by atoms with van der Waals surface area (Å²) in [5, 5.41) is 16.3. The fraction of sp³-hybridized carbons (Fsp3) is 0.364. The van der Waals surface area contributed by atoms with Crippen LogP contribution in [-0.2, 0) is 4.79 Å². The van der Waals surface area contributed by atoms with Crippen LogP contribution in [0.15, 0.2) is 24.3 Å². The largest absolute Gasteiger partial charge is 0.326 e. The Morgan fingerprint density at radius 2 is 2.12 bits per heavy atom. The first-order chi connectivity index (χ1) is 8.16. The number of hydrogen-bond donors (Lipinski definition) is 2. The maximum Gasteiger partial charge on any atom is 0.269 e. The van der Waals surface area contributed by atoms with E-state index in [0.717, 1.165) is 13.0 Å². The van der Waals surface area contributed by atoms with Gasteiger partial charge in [-0.15, -0.1) is 0 Å². The van der Waals surface area contributed by atoms with Crippen molar-refractivity contribution in [1.29, 1.82) is 0 Å². The number of carbonyl (C=O) groups excluding carboxylic acids is 1. The Balaban J connectivity index is 1.98. The fourth-order valence-corrected chi connectivity index (χ4v) is 1.79. The average Bonchev–Trinajstić information content (AvgIpc) is 2.83. The molecule has 1 aromatic carbocycles. The molecule has 0 aromatic heterocycles. The van der Waals surface area contributed by atoms with Crippen molar-refractivity contribution in [3.63, 3.8) is 0 Å². The SMILES string of the molecule is O=C(Nc1ccc([N+](=O)[O-])cc1)[C@@H]1CCNC1. The van der Waals surface area contributed by atoms with Crippen molar-refractivity contribution in [3.8, 4) is 0 Å². The van der Waals surface area contributed by atoms with E-state index in [1.807, 2.05) is 0 Å². The molecule has 0 saturated carbocycles. The number of non-ortho nitro benzene ring substituents is 1. The van der Waals surface area contributed by atoms with Gasteiger partial charge in [0.05, 0.1) is 10.8 Å². The maximum atomic E-state index is 11.7. The van der Waals surface area contributed by atoms with Crippen LogP contribution in [0.25, 0.3) is 0 Å². The van der Waals surface area contributed by atoms with E-state index in [2.05, 4.69) is 10.6 Å². The van der Waals surface area contributed by atoms with Gasteiger partial charge in [-0.3, -0.25) is 14.9 Å². The van der Waals surface area contributed by atoms with Gasteiger partial charge in [0.25, 0.3) is 5.69 Å². The molecule has 2 rings (SSSR count). The first-order valence-electron chi connectivity index (χ1n) is 5.43. The maximum absolute atomic E-state index is 11.7. The zero-order valence-electron chi connectivity index (χ0n) is 9.18. The highest BCUT2D eigenvalue weighted by atomic mass is 16.6. The van der Waals surface area contributed by atoms with Crippen molar-refractivity contribution >= 4 is 17.3 Å². The van der Waals surface area contributed by atoms with Crippen LogP contribution >= 0.6 is 0 Å². The molecule has 6 heteroatoms. The van der Waals surface area contributed by atoms with Crippen molar-refractivity contribution in [2.75, 3.05) is 18.4 Å². The smallest absolute Gasteiger partial charge is 0.269 e. The van der Waals surface area contributed by atoms with Gasteiger partial charge < -0.3 is 10.6 Å². The van der Waals surface area contributed by atoms with Crippen LogP contribution in [0.2, 0.25) is 0 Å². The average molecular weight is 235 g/mol. The van der Waals surface area contributed by atoms with Crippen LogP contribution in [0.5, 0.6) is 0 Å². The minimum absolute atomic E-state index is 0.00908. The van der Waals surface area contributed by atoms with Crippen LogP contribution in [-0.4, -0.2) is 23.9 Å². The number of anilines is 1. The molecular formula is C11H13N3O3. The summed E-state index contributed by atoms with van der Waals surface area (Å²) in [5.74, 6) is -0.0472. The summed E-state index contributed by atoms with van der Waals surface area (Å²) in [6.45, 7) is 1.55. The summed E-state index contributed by atoms with van der Waals surface area (Å²) < 4.78 is 0. The lowest BCUT2D eigenvalue weighted by Gasteiger charge is -2.09. The van der Waals surface area contributed by atoms with E-state index in [1.165, 1.54) is 12.1 Å². The summed E-state index contributed by atoms with van der Waals surface area (Å²) in [4.78, 5) is 21.7. The number of nitro groups is 1. The summed E-state index contributed by atoms with van der Waals surface area (Å²) in [6.07, 6.45) is 0.832. The number of benzene rings is 1. The lowest BCUT2D eigenvalue weighted by Crippen LogP contribution is -2.24. The predicted octanol–water partition coefficient (Wildman–Crippen LogP) is 1.14. The normalized spacial score (nSPS) is 18.9. The molecule has 0 radical (unpaired) electrons. The second kappa shape index (κ2) is 4.92. The molecule has 1 heterocycles. The minimum atomic E-state index is -0.466. The van der Waals surface area contributed by atoms with Gasteiger partial charge in [0, 0.05) is 24.4 Å². The molecule has 1 fully saturated rings. The monoisotopic (exact) mass is 235 g/mol. The number of rotatable bonds is 3. The molecule has 1 aromatic rings. The summed E-state index contributed by atoms with van der Waals surface area (Å²) in [5.41, 5.74) is 0.609. The predicted molar refractivity (Wildman–Crippen MR) is 62.7 cm³/mol. The van der Waals surface area contributed by atoms with Crippen LogP contribution < -0.4 is 10.6 Å². The van der Waals surface area contributed by atoms with Gasteiger partial charge in [-0.2, -0.15) is 0 Å². The molecule has 0 aliphatic carbocycles. The van der Waals surface area contributed by atoms with Crippen molar-refractivity contribution in [3.05, 3.63) is 34.4 Å². The van der Waals surface area contributed by atoms with E-state index >= 15 is 0 Å². The first-order valence-corrected chi connectivity index (χ1v) is 5.43. The lowest BCUT2D eigenvalue weighted by atomic mass is 10.1. The molecule has 0 spiro atoms. The highest BCUT2D eigenvalue weighted by molar-refractivity contribution is 5.92. The standard InChI is InChI=1S/C11H13N3O3/c15-11(8-5-6-12-7-8)13-9-1-3-10(4-2-9)14(16)17/h1-4,8,12H,5-7H2,(H,13,15)/t8-/m1/s1. The Hall–Kier alpha value is -1.95. The topological polar surface area (TPSA) is 84.3 Å².